The molecule has 0 spiro atoms. The quantitative estimate of drug-likeness (QED) is 0.587. The molecule has 5 nitrogen and oxygen atoms in total. The normalized spacial score (nSPS) is 45.7. The average molecular weight is 216 g/mol. The number of hydrogen-bond donors (Lipinski definition) is 0. The van der Waals surface area contributed by atoms with E-state index in [0.717, 1.165) is 0 Å². The Morgan fingerprint density at radius 3 is 3.07 bits per heavy atom. The van der Waals surface area contributed by atoms with Gasteiger partial charge in [0.25, 0.3) is 0 Å². The van der Waals surface area contributed by atoms with Gasteiger partial charge in [0.2, 0.25) is 0 Å². The fourth-order valence-corrected chi connectivity index (χ4v) is 2.57. The third-order valence-electron chi connectivity index (χ3n) is 3.16. The highest BCUT2D eigenvalue weighted by molar-refractivity contribution is 5.77. The minimum absolute atomic E-state index is 0.222. The number of fused-ring (bicyclic) bond motifs is 1. The summed E-state index contributed by atoms with van der Waals surface area (Å²) in [5.74, 6) is -1.46. The first-order valence-electron chi connectivity index (χ1n) is 4.82. The minimum Gasteiger partial charge on any atom is -0.455 e. The maximum atomic E-state index is 12.0. The fraction of sp³-hybridized carbons (Fsp3) is 0.778. The summed E-state index contributed by atoms with van der Waals surface area (Å²) in [6, 6.07) is 0. The van der Waals surface area contributed by atoms with Crippen LogP contribution in [0.2, 0.25) is 0 Å². The van der Waals surface area contributed by atoms with Crippen molar-refractivity contribution in [2.24, 2.45) is 5.92 Å². The van der Waals surface area contributed by atoms with Crippen LogP contribution in [0.25, 0.3) is 0 Å². The molecule has 82 valence electrons. The lowest BCUT2D eigenvalue weighted by Gasteiger charge is -2.21. The van der Waals surface area contributed by atoms with Crippen molar-refractivity contribution < 1.29 is 28.2 Å². The summed E-state index contributed by atoms with van der Waals surface area (Å²) in [5, 5.41) is 0. The van der Waals surface area contributed by atoms with E-state index in [1.807, 2.05) is 0 Å². The van der Waals surface area contributed by atoms with Crippen molar-refractivity contribution in [1.82, 2.24) is 0 Å². The van der Waals surface area contributed by atoms with E-state index in [0.29, 0.717) is 6.42 Å². The first kappa shape index (κ1) is 9.08. The summed E-state index contributed by atoms with van der Waals surface area (Å²) in [6.07, 6.45) is -1.27. The van der Waals surface area contributed by atoms with Crippen LogP contribution in [0, 0.1) is 5.92 Å². The molecule has 0 aromatic heterocycles. The molecular formula is C9H9FO5. The molecule has 2 bridgehead atoms. The Bertz CT molecular complexity index is 330. The van der Waals surface area contributed by atoms with Gasteiger partial charge in [-0.3, -0.25) is 4.79 Å². The van der Waals surface area contributed by atoms with E-state index in [-0.39, 0.29) is 24.1 Å². The Kier molecular flexibility index (Phi) is 1.76. The third kappa shape index (κ3) is 1.11. The molecule has 3 fully saturated rings. The summed E-state index contributed by atoms with van der Waals surface area (Å²) in [4.78, 5) is 22.1. The topological polar surface area (TPSA) is 61.8 Å². The molecule has 5 unspecified atom stereocenters. The van der Waals surface area contributed by atoms with Gasteiger partial charge in [-0.15, -0.1) is 0 Å². The first-order valence-corrected chi connectivity index (χ1v) is 4.82. The summed E-state index contributed by atoms with van der Waals surface area (Å²) in [5.41, 5.74) is 0. The van der Waals surface area contributed by atoms with E-state index in [9.17, 15) is 14.0 Å². The van der Waals surface area contributed by atoms with Gasteiger partial charge in [-0.05, 0) is 6.42 Å². The molecule has 3 heterocycles. The number of rotatable bonds is 2. The molecule has 6 heteroatoms. The molecule has 3 saturated heterocycles. The van der Waals surface area contributed by atoms with Crippen LogP contribution >= 0.6 is 0 Å². The van der Waals surface area contributed by atoms with Crippen molar-refractivity contribution in [3.05, 3.63) is 0 Å². The van der Waals surface area contributed by atoms with Crippen LogP contribution in [0.4, 0.5) is 4.39 Å². The molecular weight excluding hydrogens is 207 g/mol. The second-order valence-corrected chi connectivity index (χ2v) is 3.97. The summed E-state index contributed by atoms with van der Waals surface area (Å²) < 4.78 is 27.3. The molecule has 0 N–H and O–H groups in total. The van der Waals surface area contributed by atoms with Gasteiger partial charge >= 0.3 is 11.9 Å². The monoisotopic (exact) mass is 216 g/mol. The number of halogens is 1. The molecule has 3 rings (SSSR count). The third-order valence-corrected chi connectivity index (χ3v) is 3.16. The van der Waals surface area contributed by atoms with Crippen molar-refractivity contribution >= 4 is 11.9 Å². The Morgan fingerprint density at radius 2 is 2.33 bits per heavy atom. The molecule has 0 aliphatic carbocycles. The highest BCUT2D eigenvalue weighted by Gasteiger charge is 2.65. The summed E-state index contributed by atoms with van der Waals surface area (Å²) in [7, 11) is 0. The van der Waals surface area contributed by atoms with Gasteiger partial charge in [-0.2, -0.15) is 0 Å². The number of carbonyl (C=O) groups excluding carboxylic acids is 2. The van der Waals surface area contributed by atoms with Crippen LogP contribution in [-0.4, -0.2) is 43.0 Å². The van der Waals surface area contributed by atoms with E-state index >= 15 is 0 Å². The standard InChI is InChI=1S/C9H9FO5/c10-2-5(11)14-7-4-1-3-6(13-4)8(7)15-9(3)12/h3-4,6-8H,1-2H2. The zero-order valence-electron chi connectivity index (χ0n) is 7.72. The highest BCUT2D eigenvalue weighted by Crippen LogP contribution is 2.47. The van der Waals surface area contributed by atoms with Crippen LogP contribution < -0.4 is 0 Å². The summed E-state index contributed by atoms with van der Waals surface area (Å²) >= 11 is 0. The van der Waals surface area contributed by atoms with Gasteiger partial charge in [0, 0.05) is 0 Å². The first-order chi connectivity index (χ1) is 7.20. The van der Waals surface area contributed by atoms with Crippen molar-refractivity contribution in [3.8, 4) is 0 Å². The van der Waals surface area contributed by atoms with Gasteiger partial charge in [-0.25, -0.2) is 9.18 Å². The molecule has 0 saturated carbocycles. The molecule has 3 aliphatic rings. The van der Waals surface area contributed by atoms with E-state index in [2.05, 4.69) is 0 Å². The maximum Gasteiger partial charge on any atom is 0.338 e. The second kappa shape index (κ2) is 2.91. The molecule has 0 amide bonds. The van der Waals surface area contributed by atoms with Gasteiger partial charge in [0.05, 0.1) is 12.0 Å². The lowest BCUT2D eigenvalue weighted by atomic mass is 9.88. The van der Waals surface area contributed by atoms with Gasteiger partial charge < -0.3 is 14.2 Å². The molecule has 0 aromatic rings. The molecule has 0 aromatic carbocycles. The lowest BCUT2D eigenvalue weighted by molar-refractivity contribution is -0.161. The summed E-state index contributed by atoms with van der Waals surface area (Å²) in [6.45, 7) is -1.17. The Hall–Kier alpha value is -1.17. The van der Waals surface area contributed by atoms with E-state index in [1.54, 1.807) is 0 Å². The molecule has 3 aliphatic heterocycles. The van der Waals surface area contributed by atoms with Crippen LogP contribution in [0.1, 0.15) is 6.42 Å². The van der Waals surface area contributed by atoms with E-state index in [1.165, 1.54) is 0 Å². The molecule has 0 radical (unpaired) electrons. The molecule has 15 heavy (non-hydrogen) atoms. The number of carbonyl (C=O) groups is 2. The predicted molar refractivity (Wildman–Crippen MR) is 42.5 cm³/mol. The lowest BCUT2D eigenvalue weighted by Crippen LogP contribution is -2.40. The fourth-order valence-electron chi connectivity index (χ4n) is 2.57. The van der Waals surface area contributed by atoms with Crippen molar-refractivity contribution in [1.29, 1.82) is 0 Å². The predicted octanol–water partition coefficient (Wildman–Crippen LogP) is -0.420. The van der Waals surface area contributed by atoms with Crippen molar-refractivity contribution in [2.75, 3.05) is 6.67 Å². The minimum atomic E-state index is -1.17. The largest absolute Gasteiger partial charge is 0.455 e. The van der Waals surface area contributed by atoms with E-state index < -0.39 is 24.9 Å². The Balaban J connectivity index is 1.78. The maximum absolute atomic E-state index is 12.0. The van der Waals surface area contributed by atoms with Crippen LogP contribution in [0.3, 0.4) is 0 Å². The van der Waals surface area contributed by atoms with Gasteiger partial charge in [-0.1, -0.05) is 0 Å². The van der Waals surface area contributed by atoms with Gasteiger partial charge in [0.15, 0.2) is 18.9 Å². The number of esters is 2. The zero-order valence-corrected chi connectivity index (χ0v) is 7.72. The van der Waals surface area contributed by atoms with Crippen LogP contribution in [-0.2, 0) is 23.8 Å². The smallest absolute Gasteiger partial charge is 0.338 e. The van der Waals surface area contributed by atoms with Crippen LogP contribution in [0.15, 0.2) is 0 Å². The number of alkyl halides is 1. The Labute approximate surface area is 84.5 Å². The van der Waals surface area contributed by atoms with Crippen molar-refractivity contribution in [2.45, 2.75) is 30.8 Å². The molecule has 5 atom stereocenters. The SMILES string of the molecule is O=C(CF)OC1C2CC3C(=O)OC1C3O2. The zero-order chi connectivity index (χ0) is 10.6. The van der Waals surface area contributed by atoms with Gasteiger partial charge in [0.1, 0.15) is 6.10 Å². The van der Waals surface area contributed by atoms with E-state index in [4.69, 9.17) is 14.2 Å². The second-order valence-electron chi connectivity index (χ2n) is 3.97. The van der Waals surface area contributed by atoms with Crippen LogP contribution in [0.5, 0.6) is 0 Å². The number of ether oxygens (including phenoxy) is 3. The highest BCUT2D eigenvalue weighted by atomic mass is 19.1. The average Bonchev–Trinajstić information content (AvgIpc) is 2.81. The Morgan fingerprint density at radius 1 is 1.53 bits per heavy atom. The van der Waals surface area contributed by atoms with Crippen molar-refractivity contribution in [3.63, 3.8) is 0 Å². The number of hydrogen-bond acceptors (Lipinski definition) is 5.